The lowest BCUT2D eigenvalue weighted by Gasteiger charge is -2.34. The average molecular weight is 249 g/mol. The van der Waals surface area contributed by atoms with Crippen LogP contribution in [0.25, 0.3) is 0 Å². The highest BCUT2D eigenvalue weighted by Gasteiger charge is 2.31. The van der Waals surface area contributed by atoms with Gasteiger partial charge < -0.3 is 4.52 Å². The van der Waals surface area contributed by atoms with Crippen LogP contribution >= 0.6 is 0 Å². The summed E-state index contributed by atoms with van der Waals surface area (Å²) >= 11 is 0. The molecule has 0 amide bonds. The van der Waals surface area contributed by atoms with Crippen LogP contribution in [0.15, 0.2) is 4.52 Å². The van der Waals surface area contributed by atoms with Crippen LogP contribution in [0.2, 0.25) is 0 Å². The number of likely N-dealkylation sites (tertiary alicyclic amines) is 1. The lowest BCUT2D eigenvalue weighted by atomic mass is 9.95. The van der Waals surface area contributed by atoms with E-state index < -0.39 is 0 Å². The van der Waals surface area contributed by atoms with Gasteiger partial charge in [-0.1, -0.05) is 18.5 Å². The van der Waals surface area contributed by atoms with Crippen molar-refractivity contribution in [3.63, 3.8) is 0 Å². The number of piperidine rings is 1. The minimum Gasteiger partial charge on any atom is -0.338 e. The molecule has 1 saturated heterocycles. The Morgan fingerprint density at radius 2 is 2.22 bits per heavy atom. The van der Waals surface area contributed by atoms with E-state index in [9.17, 15) is 0 Å². The number of aromatic nitrogens is 2. The van der Waals surface area contributed by atoms with Crippen molar-refractivity contribution < 1.29 is 4.52 Å². The SMILES string of the molecule is CCC1CCCN(C(C)c2nc(C3CC3)no2)C1. The van der Waals surface area contributed by atoms with E-state index in [4.69, 9.17) is 4.52 Å². The summed E-state index contributed by atoms with van der Waals surface area (Å²) < 4.78 is 5.45. The number of nitrogens with zero attached hydrogens (tertiary/aromatic N) is 3. The minimum atomic E-state index is 0.277. The third-order valence-corrected chi connectivity index (χ3v) is 4.43. The molecular weight excluding hydrogens is 226 g/mol. The molecule has 4 heteroatoms. The molecule has 2 fully saturated rings. The topological polar surface area (TPSA) is 42.2 Å². The molecule has 0 spiro atoms. The molecule has 1 saturated carbocycles. The summed E-state index contributed by atoms with van der Waals surface area (Å²) in [6.45, 7) is 6.83. The molecule has 0 aromatic carbocycles. The molecule has 0 N–H and O–H groups in total. The van der Waals surface area contributed by atoms with E-state index in [1.807, 2.05) is 0 Å². The smallest absolute Gasteiger partial charge is 0.243 e. The largest absolute Gasteiger partial charge is 0.338 e. The summed E-state index contributed by atoms with van der Waals surface area (Å²) in [4.78, 5) is 7.08. The molecular formula is C14H23N3O. The number of hydrogen-bond donors (Lipinski definition) is 0. The third kappa shape index (κ3) is 2.44. The molecule has 1 aromatic heterocycles. The Bertz CT molecular complexity index is 399. The zero-order chi connectivity index (χ0) is 12.5. The molecule has 2 aliphatic rings. The van der Waals surface area contributed by atoms with E-state index in [-0.39, 0.29) is 6.04 Å². The van der Waals surface area contributed by atoms with Crippen LogP contribution in [0.1, 0.15) is 69.6 Å². The van der Waals surface area contributed by atoms with E-state index in [1.165, 1.54) is 45.2 Å². The molecule has 0 bridgehead atoms. The van der Waals surface area contributed by atoms with Crippen LogP contribution in [-0.4, -0.2) is 28.1 Å². The Kier molecular flexibility index (Phi) is 3.37. The van der Waals surface area contributed by atoms with E-state index in [2.05, 4.69) is 28.9 Å². The van der Waals surface area contributed by atoms with Crippen LogP contribution in [0.5, 0.6) is 0 Å². The van der Waals surface area contributed by atoms with Gasteiger partial charge in [0.05, 0.1) is 6.04 Å². The van der Waals surface area contributed by atoms with Crippen LogP contribution in [0, 0.1) is 5.92 Å². The van der Waals surface area contributed by atoms with E-state index in [1.54, 1.807) is 0 Å². The molecule has 4 nitrogen and oxygen atoms in total. The second-order valence-electron chi connectivity index (χ2n) is 5.85. The Hall–Kier alpha value is -0.900. The lowest BCUT2D eigenvalue weighted by Crippen LogP contribution is -2.37. The number of rotatable bonds is 4. The van der Waals surface area contributed by atoms with Gasteiger partial charge >= 0.3 is 0 Å². The Morgan fingerprint density at radius 1 is 1.39 bits per heavy atom. The van der Waals surface area contributed by atoms with E-state index in [0.29, 0.717) is 5.92 Å². The van der Waals surface area contributed by atoms with Crippen molar-refractivity contribution >= 4 is 0 Å². The minimum absolute atomic E-state index is 0.277. The van der Waals surface area contributed by atoms with Gasteiger partial charge in [0.2, 0.25) is 5.89 Å². The van der Waals surface area contributed by atoms with Crippen LogP contribution in [0.3, 0.4) is 0 Å². The predicted molar refractivity (Wildman–Crippen MR) is 69.3 cm³/mol. The zero-order valence-corrected chi connectivity index (χ0v) is 11.4. The van der Waals surface area contributed by atoms with Crippen LogP contribution < -0.4 is 0 Å². The highest BCUT2D eigenvalue weighted by atomic mass is 16.5. The van der Waals surface area contributed by atoms with Crippen molar-refractivity contribution in [2.75, 3.05) is 13.1 Å². The molecule has 1 aliphatic heterocycles. The molecule has 2 heterocycles. The van der Waals surface area contributed by atoms with Crippen LogP contribution in [-0.2, 0) is 0 Å². The van der Waals surface area contributed by atoms with Crippen LogP contribution in [0.4, 0.5) is 0 Å². The Morgan fingerprint density at radius 3 is 2.94 bits per heavy atom. The van der Waals surface area contributed by atoms with Gasteiger partial charge in [0, 0.05) is 12.5 Å². The summed E-state index contributed by atoms with van der Waals surface area (Å²) in [6.07, 6.45) is 6.41. The molecule has 18 heavy (non-hydrogen) atoms. The van der Waals surface area contributed by atoms with E-state index in [0.717, 1.165) is 17.6 Å². The summed E-state index contributed by atoms with van der Waals surface area (Å²) in [7, 11) is 0. The van der Waals surface area contributed by atoms with E-state index >= 15 is 0 Å². The molecule has 2 atom stereocenters. The Labute approximate surface area is 109 Å². The maximum absolute atomic E-state index is 5.45. The summed E-state index contributed by atoms with van der Waals surface area (Å²) in [5, 5.41) is 4.12. The van der Waals surface area contributed by atoms with Gasteiger partial charge in [-0.2, -0.15) is 4.98 Å². The highest BCUT2D eigenvalue weighted by molar-refractivity contribution is 5.04. The van der Waals surface area contributed by atoms with Gasteiger partial charge in [0.25, 0.3) is 0 Å². The highest BCUT2D eigenvalue weighted by Crippen LogP contribution is 2.38. The molecule has 0 radical (unpaired) electrons. The fourth-order valence-corrected chi connectivity index (χ4v) is 2.86. The first-order chi connectivity index (χ1) is 8.78. The van der Waals surface area contributed by atoms with Gasteiger partial charge in [-0.3, -0.25) is 4.90 Å². The maximum atomic E-state index is 5.45. The molecule has 1 aliphatic carbocycles. The lowest BCUT2D eigenvalue weighted by molar-refractivity contribution is 0.109. The first-order valence-corrected chi connectivity index (χ1v) is 7.35. The quantitative estimate of drug-likeness (QED) is 0.822. The fourth-order valence-electron chi connectivity index (χ4n) is 2.86. The van der Waals surface area contributed by atoms with Crippen molar-refractivity contribution in [3.8, 4) is 0 Å². The standard InChI is InChI=1S/C14H23N3O/c1-3-11-5-4-8-17(9-11)10(2)14-15-13(16-18-14)12-6-7-12/h10-12H,3-9H2,1-2H3. The van der Waals surface area contributed by atoms with Crippen molar-refractivity contribution in [3.05, 3.63) is 11.7 Å². The molecule has 100 valence electrons. The second-order valence-corrected chi connectivity index (χ2v) is 5.85. The van der Waals surface area contributed by atoms with Gasteiger partial charge in [0.1, 0.15) is 0 Å². The van der Waals surface area contributed by atoms with Crippen molar-refractivity contribution in [2.45, 2.75) is 57.9 Å². The summed E-state index contributed by atoms with van der Waals surface area (Å²) in [5.41, 5.74) is 0. The van der Waals surface area contributed by atoms with Gasteiger partial charge in [-0.15, -0.1) is 0 Å². The predicted octanol–water partition coefficient (Wildman–Crippen LogP) is 3.13. The van der Waals surface area contributed by atoms with Crippen molar-refractivity contribution in [2.24, 2.45) is 5.92 Å². The zero-order valence-electron chi connectivity index (χ0n) is 11.4. The normalized spacial score (nSPS) is 27.3. The summed E-state index contributed by atoms with van der Waals surface area (Å²) in [5.74, 6) is 3.17. The van der Waals surface area contributed by atoms with Crippen molar-refractivity contribution in [1.29, 1.82) is 0 Å². The average Bonchev–Trinajstić information content (AvgIpc) is 3.16. The number of hydrogen-bond acceptors (Lipinski definition) is 4. The van der Waals surface area contributed by atoms with Gasteiger partial charge in [0.15, 0.2) is 5.82 Å². The molecule has 2 unspecified atom stereocenters. The first kappa shape index (κ1) is 12.2. The third-order valence-electron chi connectivity index (χ3n) is 4.43. The van der Waals surface area contributed by atoms with Gasteiger partial charge in [-0.05, 0) is 45.1 Å². The van der Waals surface area contributed by atoms with Crippen molar-refractivity contribution in [1.82, 2.24) is 15.0 Å². The fraction of sp³-hybridized carbons (Fsp3) is 0.857. The Balaban J connectivity index is 1.66. The maximum Gasteiger partial charge on any atom is 0.243 e. The van der Waals surface area contributed by atoms with Gasteiger partial charge in [-0.25, -0.2) is 0 Å². The second kappa shape index (κ2) is 5.00. The first-order valence-electron chi connectivity index (χ1n) is 7.35. The molecule has 3 rings (SSSR count). The molecule has 1 aromatic rings. The monoisotopic (exact) mass is 249 g/mol. The summed E-state index contributed by atoms with van der Waals surface area (Å²) in [6, 6.07) is 0.277.